The number of benzene rings is 2. The summed E-state index contributed by atoms with van der Waals surface area (Å²) in [5.41, 5.74) is 2.30. The van der Waals surface area contributed by atoms with E-state index in [1.165, 1.54) is 0 Å². The van der Waals surface area contributed by atoms with Crippen LogP contribution < -0.4 is 14.4 Å². The van der Waals surface area contributed by atoms with E-state index in [4.69, 9.17) is 9.47 Å². The van der Waals surface area contributed by atoms with Gasteiger partial charge in [-0.1, -0.05) is 12.1 Å². The van der Waals surface area contributed by atoms with Crippen molar-refractivity contribution in [3.8, 4) is 22.8 Å². The number of carbonyl (C=O) groups excluding carboxylic acids is 2. The molecule has 5 rings (SSSR count). The van der Waals surface area contributed by atoms with E-state index in [-0.39, 0.29) is 18.4 Å². The molecule has 1 aromatic heterocycles. The summed E-state index contributed by atoms with van der Waals surface area (Å²) in [6.45, 7) is 3.38. The van der Waals surface area contributed by atoms with Gasteiger partial charge in [-0.25, -0.2) is 0 Å². The molecule has 9 heteroatoms. The van der Waals surface area contributed by atoms with Crippen molar-refractivity contribution in [3.05, 3.63) is 66.2 Å². The molecule has 3 aromatic rings. The van der Waals surface area contributed by atoms with E-state index in [1.54, 1.807) is 43.4 Å². The normalized spacial score (nSPS) is 15.4. The SMILES string of the molecule is COc1ccc(C(=O)N(CC(=O)N2CCCN(c3ccc(-c4cccc(OC)c4)nn3)CC2)CC2CC2)cc1. The second kappa shape index (κ2) is 12.1. The Morgan fingerprint density at radius 1 is 0.897 bits per heavy atom. The number of aromatic nitrogens is 2. The second-order valence-electron chi connectivity index (χ2n) is 10.1. The lowest BCUT2D eigenvalue weighted by atomic mass is 10.1. The Balaban J connectivity index is 1.20. The third kappa shape index (κ3) is 6.66. The maximum atomic E-state index is 13.4. The van der Waals surface area contributed by atoms with Gasteiger partial charge in [-0.15, -0.1) is 10.2 Å². The third-order valence-corrected chi connectivity index (χ3v) is 7.31. The molecule has 0 radical (unpaired) electrons. The van der Waals surface area contributed by atoms with Crippen molar-refractivity contribution in [2.75, 3.05) is 58.4 Å². The molecule has 2 amide bonds. The van der Waals surface area contributed by atoms with Crippen LogP contribution >= 0.6 is 0 Å². The maximum absolute atomic E-state index is 13.4. The minimum absolute atomic E-state index is 0.0150. The Bertz CT molecular complexity index is 1280. The van der Waals surface area contributed by atoms with E-state index in [0.29, 0.717) is 43.4 Å². The number of rotatable bonds is 9. The molecule has 1 aliphatic heterocycles. The first-order chi connectivity index (χ1) is 19.0. The molecule has 1 saturated heterocycles. The van der Waals surface area contributed by atoms with Crippen LogP contribution in [0.1, 0.15) is 29.6 Å². The minimum Gasteiger partial charge on any atom is -0.497 e. The molecular weight excluding hydrogens is 494 g/mol. The van der Waals surface area contributed by atoms with E-state index >= 15 is 0 Å². The first-order valence-electron chi connectivity index (χ1n) is 13.5. The highest BCUT2D eigenvalue weighted by Crippen LogP contribution is 2.30. The number of methoxy groups -OCH3 is 2. The fraction of sp³-hybridized carbons (Fsp3) is 0.400. The van der Waals surface area contributed by atoms with E-state index in [2.05, 4.69) is 15.1 Å². The standard InChI is InChI=1S/C30H35N5O4/c1-38-25-11-9-23(10-12-25)30(37)35(20-22-7-8-22)21-29(36)34-16-4-15-33(17-18-34)28-14-13-27(31-32-28)24-5-3-6-26(19-24)39-2/h3,5-6,9-14,19,22H,4,7-8,15-18,20-21H2,1-2H3. The van der Waals surface area contributed by atoms with Crippen molar-refractivity contribution in [3.63, 3.8) is 0 Å². The molecular formula is C30H35N5O4. The zero-order valence-electron chi connectivity index (χ0n) is 22.6. The number of nitrogens with zero attached hydrogens (tertiary/aromatic N) is 5. The Kier molecular flexibility index (Phi) is 8.24. The largest absolute Gasteiger partial charge is 0.497 e. The molecule has 2 aliphatic rings. The summed E-state index contributed by atoms with van der Waals surface area (Å²) in [6.07, 6.45) is 3.04. The Morgan fingerprint density at radius 2 is 1.69 bits per heavy atom. The molecule has 0 unspecified atom stereocenters. The van der Waals surface area contributed by atoms with Crippen molar-refractivity contribution in [2.45, 2.75) is 19.3 Å². The molecule has 0 N–H and O–H groups in total. The molecule has 9 nitrogen and oxygen atoms in total. The summed E-state index contributed by atoms with van der Waals surface area (Å²) in [4.78, 5) is 32.4. The summed E-state index contributed by atoms with van der Waals surface area (Å²) in [5.74, 6) is 2.63. The average Bonchev–Trinajstić information content (AvgIpc) is 3.83. The van der Waals surface area contributed by atoms with Crippen molar-refractivity contribution in [2.24, 2.45) is 5.92 Å². The van der Waals surface area contributed by atoms with Gasteiger partial charge in [-0.3, -0.25) is 9.59 Å². The second-order valence-corrected chi connectivity index (χ2v) is 10.1. The Morgan fingerprint density at radius 3 is 2.38 bits per heavy atom. The van der Waals surface area contributed by atoms with Crippen LogP contribution in [0, 0.1) is 5.92 Å². The van der Waals surface area contributed by atoms with Crippen LogP contribution in [0.2, 0.25) is 0 Å². The van der Waals surface area contributed by atoms with Gasteiger partial charge < -0.3 is 24.2 Å². The summed E-state index contributed by atoms with van der Waals surface area (Å²) in [6, 6.07) is 18.8. The Hall–Kier alpha value is -4.14. The number of carbonyl (C=O) groups is 2. The number of ether oxygens (including phenoxy) is 2. The van der Waals surface area contributed by atoms with Gasteiger partial charge in [0.05, 0.1) is 19.9 Å². The highest BCUT2D eigenvalue weighted by atomic mass is 16.5. The highest BCUT2D eigenvalue weighted by molar-refractivity contribution is 5.96. The van der Waals surface area contributed by atoms with E-state index in [1.807, 2.05) is 41.3 Å². The van der Waals surface area contributed by atoms with Gasteiger partial charge in [-0.2, -0.15) is 0 Å². The van der Waals surface area contributed by atoms with Crippen LogP contribution in [0.15, 0.2) is 60.7 Å². The first kappa shape index (κ1) is 26.5. The quantitative estimate of drug-likeness (QED) is 0.417. The molecule has 2 aromatic carbocycles. The molecule has 39 heavy (non-hydrogen) atoms. The van der Waals surface area contributed by atoms with Crippen molar-refractivity contribution >= 4 is 17.6 Å². The third-order valence-electron chi connectivity index (χ3n) is 7.31. The van der Waals surface area contributed by atoms with E-state index in [0.717, 1.165) is 48.6 Å². The topological polar surface area (TPSA) is 88.1 Å². The van der Waals surface area contributed by atoms with Crippen LogP contribution in [0.25, 0.3) is 11.3 Å². The van der Waals surface area contributed by atoms with Gasteiger partial charge in [0.1, 0.15) is 18.0 Å². The summed E-state index contributed by atoms with van der Waals surface area (Å²) in [5, 5.41) is 8.91. The minimum atomic E-state index is -0.110. The van der Waals surface area contributed by atoms with Gasteiger partial charge in [0.25, 0.3) is 5.91 Å². The molecule has 1 aliphatic carbocycles. The highest BCUT2D eigenvalue weighted by Gasteiger charge is 2.30. The number of anilines is 1. The number of hydrogen-bond acceptors (Lipinski definition) is 7. The van der Waals surface area contributed by atoms with Crippen LogP contribution in [-0.4, -0.2) is 85.3 Å². The monoisotopic (exact) mass is 529 g/mol. The lowest BCUT2D eigenvalue weighted by Crippen LogP contribution is -2.45. The predicted octanol–water partition coefficient (Wildman–Crippen LogP) is 3.75. The first-order valence-corrected chi connectivity index (χ1v) is 13.5. The smallest absolute Gasteiger partial charge is 0.254 e. The van der Waals surface area contributed by atoms with Crippen molar-refractivity contribution in [1.29, 1.82) is 0 Å². The molecule has 204 valence electrons. The molecule has 2 fully saturated rings. The molecule has 0 atom stereocenters. The Labute approximate surface area is 229 Å². The fourth-order valence-electron chi connectivity index (χ4n) is 4.84. The van der Waals surface area contributed by atoms with Gasteiger partial charge in [0.15, 0.2) is 5.82 Å². The van der Waals surface area contributed by atoms with E-state index in [9.17, 15) is 9.59 Å². The fourth-order valence-corrected chi connectivity index (χ4v) is 4.84. The maximum Gasteiger partial charge on any atom is 0.254 e. The predicted molar refractivity (Wildman–Crippen MR) is 149 cm³/mol. The number of hydrogen-bond donors (Lipinski definition) is 0. The van der Waals surface area contributed by atoms with E-state index < -0.39 is 0 Å². The summed E-state index contributed by atoms with van der Waals surface area (Å²) in [7, 11) is 3.24. The van der Waals surface area contributed by atoms with Crippen LogP contribution in [0.4, 0.5) is 5.82 Å². The zero-order chi connectivity index (χ0) is 27.2. The van der Waals surface area contributed by atoms with Crippen molar-refractivity contribution < 1.29 is 19.1 Å². The van der Waals surface area contributed by atoms with Gasteiger partial charge >= 0.3 is 0 Å². The molecule has 0 bridgehead atoms. The average molecular weight is 530 g/mol. The summed E-state index contributed by atoms with van der Waals surface area (Å²) >= 11 is 0. The van der Waals surface area contributed by atoms with Crippen molar-refractivity contribution in [1.82, 2.24) is 20.0 Å². The van der Waals surface area contributed by atoms with Crippen LogP contribution in [0.5, 0.6) is 11.5 Å². The van der Waals surface area contributed by atoms with Gasteiger partial charge in [0, 0.05) is 43.9 Å². The molecule has 1 saturated carbocycles. The van der Waals surface area contributed by atoms with Gasteiger partial charge in [-0.05, 0) is 73.7 Å². The van der Waals surface area contributed by atoms with Crippen LogP contribution in [0.3, 0.4) is 0 Å². The lowest BCUT2D eigenvalue weighted by molar-refractivity contribution is -0.131. The molecule has 2 heterocycles. The van der Waals surface area contributed by atoms with Gasteiger partial charge in [0.2, 0.25) is 5.91 Å². The lowest BCUT2D eigenvalue weighted by Gasteiger charge is -2.27. The number of amides is 2. The summed E-state index contributed by atoms with van der Waals surface area (Å²) < 4.78 is 10.5. The molecule has 0 spiro atoms. The zero-order valence-corrected chi connectivity index (χ0v) is 22.6. The van der Waals surface area contributed by atoms with Crippen LogP contribution in [-0.2, 0) is 4.79 Å².